The molecule has 0 aliphatic carbocycles. The molecular weight excluding hydrogens is 298 g/mol. The lowest BCUT2D eigenvalue weighted by atomic mass is 9.99. The zero-order chi connectivity index (χ0) is 17.1. The minimum atomic E-state index is 0.0582. The largest absolute Gasteiger partial charge is 0.330 e. The number of benzene rings is 1. The maximum Gasteiger partial charge on any atom is 0.274 e. The second-order valence-corrected chi connectivity index (χ2v) is 7.05. The molecular formula is C20H27N3O. The highest BCUT2D eigenvalue weighted by Crippen LogP contribution is 2.31. The Morgan fingerprint density at radius 3 is 2.75 bits per heavy atom. The van der Waals surface area contributed by atoms with E-state index in [1.54, 1.807) is 0 Å². The quantitative estimate of drug-likeness (QED) is 0.831. The first-order chi connectivity index (χ1) is 11.6. The lowest BCUT2D eigenvalue weighted by molar-refractivity contribution is 0.0673. The van der Waals surface area contributed by atoms with Crippen LogP contribution in [0.3, 0.4) is 0 Å². The topological polar surface area (TPSA) is 38.1 Å². The monoisotopic (exact) mass is 325 g/mol. The molecule has 0 radical (unpaired) electrons. The van der Waals surface area contributed by atoms with Crippen LogP contribution >= 0.6 is 0 Å². The SMILES string of the molecule is Cc1cccc(C2CCCCCN2C(=O)c2ccn(C(C)C)n2)c1. The highest BCUT2D eigenvalue weighted by atomic mass is 16.2. The summed E-state index contributed by atoms with van der Waals surface area (Å²) < 4.78 is 1.85. The Morgan fingerprint density at radius 1 is 1.21 bits per heavy atom. The van der Waals surface area contributed by atoms with E-state index >= 15 is 0 Å². The molecule has 0 spiro atoms. The number of hydrogen-bond donors (Lipinski definition) is 0. The van der Waals surface area contributed by atoms with Crippen LogP contribution in [-0.4, -0.2) is 27.1 Å². The Balaban J connectivity index is 1.90. The van der Waals surface area contributed by atoms with Crippen molar-refractivity contribution in [2.45, 2.75) is 58.5 Å². The van der Waals surface area contributed by atoms with Gasteiger partial charge in [-0.2, -0.15) is 5.10 Å². The van der Waals surface area contributed by atoms with Gasteiger partial charge in [0.15, 0.2) is 0 Å². The molecule has 1 fully saturated rings. The summed E-state index contributed by atoms with van der Waals surface area (Å²) in [6, 6.07) is 10.8. The number of rotatable bonds is 3. The van der Waals surface area contributed by atoms with Gasteiger partial charge in [0.05, 0.1) is 6.04 Å². The van der Waals surface area contributed by atoms with Crippen LogP contribution in [-0.2, 0) is 0 Å². The number of carbonyl (C=O) groups excluding carboxylic acids is 1. The zero-order valence-electron chi connectivity index (χ0n) is 14.9. The third kappa shape index (κ3) is 3.53. The molecule has 0 bridgehead atoms. The molecule has 1 aromatic carbocycles. The second kappa shape index (κ2) is 7.20. The number of amides is 1. The number of aromatic nitrogens is 2. The van der Waals surface area contributed by atoms with Gasteiger partial charge in [-0.05, 0) is 45.2 Å². The van der Waals surface area contributed by atoms with E-state index in [1.807, 2.05) is 21.8 Å². The van der Waals surface area contributed by atoms with Crippen LogP contribution in [0.2, 0.25) is 0 Å². The van der Waals surface area contributed by atoms with Crippen molar-refractivity contribution in [3.05, 3.63) is 53.3 Å². The van der Waals surface area contributed by atoms with Crippen molar-refractivity contribution < 1.29 is 4.79 Å². The minimum Gasteiger partial charge on any atom is -0.330 e. The minimum absolute atomic E-state index is 0.0582. The van der Waals surface area contributed by atoms with Crippen LogP contribution in [0.5, 0.6) is 0 Å². The molecule has 128 valence electrons. The standard InChI is InChI=1S/C20H27N3O/c1-15(2)23-13-11-18(21-23)20(24)22-12-6-4-5-10-19(22)17-9-7-8-16(3)14-17/h7-9,11,13-15,19H,4-6,10,12H2,1-3H3. The smallest absolute Gasteiger partial charge is 0.274 e. The molecule has 1 aromatic heterocycles. The molecule has 1 unspecified atom stereocenters. The summed E-state index contributed by atoms with van der Waals surface area (Å²) in [5.74, 6) is 0.0582. The molecule has 24 heavy (non-hydrogen) atoms. The van der Waals surface area contributed by atoms with Gasteiger partial charge >= 0.3 is 0 Å². The predicted molar refractivity (Wildman–Crippen MR) is 96.0 cm³/mol. The van der Waals surface area contributed by atoms with Crippen LogP contribution in [0, 0.1) is 6.92 Å². The Labute approximate surface area is 144 Å². The molecule has 1 aliphatic rings. The van der Waals surface area contributed by atoms with Crippen molar-refractivity contribution in [3.8, 4) is 0 Å². The average Bonchev–Trinajstić information content (AvgIpc) is 2.93. The van der Waals surface area contributed by atoms with Crippen molar-refractivity contribution in [2.24, 2.45) is 0 Å². The summed E-state index contributed by atoms with van der Waals surface area (Å²) in [5.41, 5.74) is 3.05. The predicted octanol–water partition coefficient (Wildman–Crippen LogP) is 4.53. The number of likely N-dealkylation sites (tertiary alicyclic amines) is 1. The van der Waals surface area contributed by atoms with Gasteiger partial charge in [-0.25, -0.2) is 0 Å². The summed E-state index contributed by atoms with van der Waals surface area (Å²) in [5, 5.41) is 4.49. The first kappa shape index (κ1) is 16.7. The number of carbonyl (C=O) groups is 1. The number of aryl methyl sites for hydroxylation is 1. The van der Waals surface area contributed by atoms with E-state index in [0.29, 0.717) is 5.69 Å². The van der Waals surface area contributed by atoms with Crippen LogP contribution in [0.15, 0.2) is 36.5 Å². The molecule has 0 saturated carbocycles. The van der Waals surface area contributed by atoms with Gasteiger partial charge in [0, 0.05) is 18.8 Å². The van der Waals surface area contributed by atoms with Crippen LogP contribution in [0.1, 0.15) is 73.2 Å². The second-order valence-electron chi connectivity index (χ2n) is 7.05. The molecule has 1 atom stereocenters. The molecule has 4 nitrogen and oxygen atoms in total. The van der Waals surface area contributed by atoms with E-state index in [2.05, 4.69) is 50.1 Å². The van der Waals surface area contributed by atoms with Crippen LogP contribution < -0.4 is 0 Å². The Kier molecular flexibility index (Phi) is 5.03. The molecule has 3 rings (SSSR count). The highest BCUT2D eigenvalue weighted by molar-refractivity contribution is 5.92. The van der Waals surface area contributed by atoms with Gasteiger partial charge in [-0.15, -0.1) is 0 Å². The Morgan fingerprint density at radius 2 is 2.04 bits per heavy atom. The molecule has 1 saturated heterocycles. The lowest BCUT2D eigenvalue weighted by Gasteiger charge is -2.30. The third-order valence-corrected chi connectivity index (χ3v) is 4.80. The highest BCUT2D eigenvalue weighted by Gasteiger charge is 2.28. The zero-order valence-corrected chi connectivity index (χ0v) is 14.9. The van der Waals surface area contributed by atoms with Gasteiger partial charge in [0.1, 0.15) is 5.69 Å². The Bertz CT molecular complexity index is 704. The normalized spacial score (nSPS) is 18.7. The number of nitrogens with zero attached hydrogens (tertiary/aromatic N) is 3. The van der Waals surface area contributed by atoms with E-state index in [4.69, 9.17) is 0 Å². The third-order valence-electron chi connectivity index (χ3n) is 4.80. The van der Waals surface area contributed by atoms with E-state index in [-0.39, 0.29) is 18.0 Å². The van der Waals surface area contributed by atoms with Gasteiger partial charge in [-0.3, -0.25) is 9.48 Å². The van der Waals surface area contributed by atoms with Gasteiger partial charge in [0.2, 0.25) is 0 Å². The first-order valence-corrected chi connectivity index (χ1v) is 8.99. The maximum absolute atomic E-state index is 13.1. The summed E-state index contributed by atoms with van der Waals surface area (Å²) in [4.78, 5) is 15.1. The van der Waals surface area contributed by atoms with Gasteiger partial charge in [0.25, 0.3) is 5.91 Å². The van der Waals surface area contributed by atoms with E-state index < -0.39 is 0 Å². The lowest BCUT2D eigenvalue weighted by Crippen LogP contribution is -2.35. The first-order valence-electron chi connectivity index (χ1n) is 8.99. The van der Waals surface area contributed by atoms with Crippen molar-refractivity contribution in [1.29, 1.82) is 0 Å². The van der Waals surface area contributed by atoms with Crippen molar-refractivity contribution >= 4 is 5.91 Å². The van der Waals surface area contributed by atoms with E-state index in [9.17, 15) is 4.79 Å². The van der Waals surface area contributed by atoms with Crippen LogP contribution in [0.25, 0.3) is 0 Å². The fourth-order valence-corrected chi connectivity index (χ4v) is 3.46. The fourth-order valence-electron chi connectivity index (χ4n) is 3.46. The van der Waals surface area contributed by atoms with Gasteiger partial charge in [-0.1, -0.05) is 42.7 Å². The molecule has 2 heterocycles. The van der Waals surface area contributed by atoms with Crippen molar-refractivity contribution in [2.75, 3.05) is 6.54 Å². The summed E-state index contributed by atoms with van der Waals surface area (Å²) >= 11 is 0. The molecule has 1 aliphatic heterocycles. The maximum atomic E-state index is 13.1. The summed E-state index contributed by atoms with van der Waals surface area (Å²) in [7, 11) is 0. The molecule has 4 heteroatoms. The summed E-state index contributed by atoms with van der Waals surface area (Å²) in [6.07, 6.45) is 6.35. The molecule has 1 amide bonds. The van der Waals surface area contributed by atoms with Crippen LogP contribution in [0.4, 0.5) is 0 Å². The van der Waals surface area contributed by atoms with E-state index in [0.717, 1.165) is 19.4 Å². The molecule has 0 N–H and O–H groups in total. The van der Waals surface area contributed by atoms with Crippen molar-refractivity contribution in [3.63, 3.8) is 0 Å². The van der Waals surface area contributed by atoms with E-state index in [1.165, 1.54) is 24.0 Å². The molecule has 2 aromatic rings. The van der Waals surface area contributed by atoms with Gasteiger partial charge < -0.3 is 4.90 Å². The average molecular weight is 325 g/mol. The Hall–Kier alpha value is -2.10. The fraction of sp³-hybridized carbons (Fsp3) is 0.500. The van der Waals surface area contributed by atoms with Crippen molar-refractivity contribution in [1.82, 2.24) is 14.7 Å². The summed E-state index contributed by atoms with van der Waals surface area (Å²) in [6.45, 7) is 7.06. The number of hydrogen-bond acceptors (Lipinski definition) is 2.